The van der Waals surface area contributed by atoms with Crippen LogP contribution in [0.4, 0.5) is 14.7 Å². The molecule has 2 atom stereocenters. The Labute approximate surface area is 137 Å². The van der Waals surface area contributed by atoms with Gasteiger partial charge in [-0.3, -0.25) is 4.79 Å². The molecule has 1 aromatic carbocycles. The first-order valence-electron chi connectivity index (χ1n) is 7.85. The van der Waals surface area contributed by atoms with Gasteiger partial charge in [0.2, 0.25) is 5.95 Å². The predicted molar refractivity (Wildman–Crippen MR) is 83.3 cm³/mol. The van der Waals surface area contributed by atoms with Crippen molar-refractivity contribution in [3.05, 3.63) is 52.5 Å². The number of anilines is 1. The van der Waals surface area contributed by atoms with Gasteiger partial charge in [-0.15, -0.1) is 0 Å². The molecule has 0 saturated carbocycles. The van der Waals surface area contributed by atoms with E-state index in [1.54, 1.807) is 6.92 Å². The number of halogens is 2. The third-order valence-corrected chi connectivity index (χ3v) is 4.43. The van der Waals surface area contributed by atoms with E-state index in [1.807, 2.05) is 6.92 Å². The van der Waals surface area contributed by atoms with Gasteiger partial charge in [0.15, 0.2) is 5.78 Å². The minimum Gasteiger partial charge on any atom is -0.328 e. The summed E-state index contributed by atoms with van der Waals surface area (Å²) in [6.45, 7) is 3.74. The number of rotatable bonds is 1. The highest BCUT2D eigenvalue weighted by Crippen LogP contribution is 2.41. The molecule has 2 aromatic rings. The van der Waals surface area contributed by atoms with E-state index < -0.39 is 17.7 Å². The number of nitrogens with zero attached hydrogens (tertiary/aromatic N) is 3. The SMILES string of the molecule is Cc1nc2n(n1)[C@@H](c1cc(F)cc(F)c1)C1=C(C[C@H](C)CC1=O)N2. The molecular weight excluding hydrogens is 314 g/mol. The van der Waals surface area contributed by atoms with Crippen molar-refractivity contribution >= 4 is 11.7 Å². The minimum absolute atomic E-state index is 0.0234. The van der Waals surface area contributed by atoms with Crippen LogP contribution in [0.15, 0.2) is 29.5 Å². The molecule has 2 heterocycles. The molecule has 7 heteroatoms. The van der Waals surface area contributed by atoms with Crippen LogP contribution >= 0.6 is 0 Å². The molecule has 0 amide bonds. The summed E-state index contributed by atoms with van der Waals surface area (Å²) < 4.78 is 29.0. The third-order valence-electron chi connectivity index (χ3n) is 4.43. The fraction of sp³-hybridized carbons (Fsp3) is 0.353. The first kappa shape index (κ1) is 15.0. The van der Waals surface area contributed by atoms with Gasteiger partial charge in [0, 0.05) is 23.8 Å². The van der Waals surface area contributed by atoms with Crippen LogP contribution in [0.25, 0.3) is 0 Å². The summed E-state index contributed by atoms with van der Waals surface area (Å²) in [7, 11) is 0. The van der Waals surface area contributed by atoms with Crippen molar-refractivity contribution in [3.8, 4) is 0 Å². The van der Waals surface area contributed by atoms with Crippen LogP contribution in [0.2, 0.25) is 0 Å². The number of aryl methyl sites for hydroxylation is 1. The lowest BCUT2D eigenvalue weighted by Crippen LogP contribution is -2.33. The average molecular weight is 330 g/mol. The van der Waals surface area contributed by atoms with Gasteiger partial charge in [0.1, 0.15) is 23.5 Å². The van der Waals surface area contributed by atoms with Gasteiger partial charge in [-0.1, -0.05) is 6.92 Å². The fourth-order valence-corrected chi connectivity index (χ4v) is 3.55. The summed E-state index contributed by atoms with van der Waals surface area (Å²) in [5.41, 5.74) is 1.65. The van der Waals surface area contributed by atoms with Crippen molar-refractivity contribution in [2.24, 2.45) is 5.92 Å². The van der Waals surface area contributed by atoms with Crippen molar-refractivity contribution in [3.63, 3.8) is 0 Å². The Bertz CT molecular complexity index is 866. The molecule has 24 heavy (non-hydrogen) atoms. The largest absolute Gasteiger partial charge is 0.328 e. The number of Topliss-reactive ketones (excluding diaryl/α,β-unsaturated/α-hetero) is 1. The first-order chi connectivity index (χ1) is 11.4. The lowest BCUT2D eigenvalue weighted by Gasteiger charge is -2.34. The van der Waals surface area contributed by atoms with E-state index >= 15 is 0 Å². The molecule has 0 radical (unpaired) electrons. The summed E-state index contributed by atoms with van der Waals surface area (Å²) in [6.07, 6.45) is 1.11. The van der Waals surface area contributed by atoms with Crippen LogP contribution < -0.4 is 5.32 Å². The molecule has 5 nitrogen and oxygen atoms in total. The second kappa shape index (κ2) is 5.22. The van der Waals surface area contributed by atoms with Crippen molar-refractivity contribution < 1.29 is 13.6 Å². The Hall–Kier alpha value is -2.57. The molecule has 4 rings (SSSR count). The number of nitrogens with one attached hydrogen (secondary N) is 1. The quantitative estimate of drug-likeness (QED) is 0.873. The van der Waals surface area contributed by atoms with E-state index in [9.17, 15) is 13.6 Å². The lowest BCUT2D eigenvalue weighted by molar-refractivity contribution is -0.117. The van der Waals surface area contributed by atoms with Crippen molar-refractivity contribution in [1.29, 1.82) is 0 Å². The highest BCUT2D eigenvalue weighted by atomic mass is 19.1. The van der Waals surface area contributed by atoms with E-state index in [2.05, 4.69) is 15.4 Å². The van der Waals surface area contributed by atoms with Crippen LogP contribution in [-0.4, -0.2) is 20.5 Å². The number of ketones is 1. The zero-order valence-corrected chi connectivity index (χ0v) is 13.3. The standard InChI is InChI=1S/C17H16F2N4O/c1-8-3-13-15(14(24)4-8)16(10-5-11(18)7-12(19)6-10)23-17(21-13)20-9(2)22-23/h5-8,16H,3-4H2,1-2H3,(H,20,21,22)/t8-,16-/m0/s1. The van der Waals surface area contributed by atoms with Crippen molar-refractivity contribution in [1.82, 2.24) is 14.8 Å². The number of aromatic nitrogens is 3. The Kier molecular flexibility index (Phi) is 3.26. The second-order valence-corrected chi connectivity index (χ2v) is 6.49. The Morgan fingerprint density at radius 1 is 1.21 bits per heavy atom. The lowest BCUT2D eigenvalue weighted by atomic mass is 9.81. The highest BCUT2D eigenvalue weighted by molar-refractivity contribution is 5.99. The maximum atomic E-state index is 13.7. The van der Waals surface area contributed by atoms with E-state index in [0.717, 1.165) is 11.8 Å². The molecule has 0 spiro atoms. The fourth-order valence-electron chi connectivity index (χ4n) is 3.55. The number of hydrogen-bond donors (Lipinski definition) is 1. The molecular formula is C17H16F2N4O. The Morgan fingerprint density at radius 2 is 1.92 bits per heavy atom. The van der Waals surface area contributed by atoms with Gasteiger partial charge in [0.25, 0.3) is 0 Å². The van der Waals surface area contributed by atoms with Gasteiger partial charge < -0.3 is 5.32 Å². The highest BCUT2D eigenvalue weighted by Gasteiger charge is 2.38. The maximum absolute atomic E-state index is 13.7. The van der Waals surface area contributed by atoms with Gasteiger partial charge in [-0.2, -0.15) is 10.1 Å². The molecule has 1 N–H and O–H groups in total. The second-order valence-electron chi connectivity index (χ2n) is 6.49. The molecule has 0 saturated heterocycles. The molecule has 0 unspecified atom stereocenters. The molecule has 2 aliphatic rings. The number of hydrogen-bond acceptors (Lipinski definition) is 4. The molecule has 1 aliphatic carbocycles. The normalized spacial score (nSPS) is 22.9. The predicted octanol–water partition coefficient (Wildman–Crippen LogP) is 3.13. The zero-order chi connectivity index (χ0) is 17.0. The first-order valence-corrected chi connectivity index (χ1v) is 7.85. The molecule has 1 aromatic heterocycles. The zero-order valence-electron chi connectivity index (χ0n) is 13.3. The summed E-state index contributed by atoms with van der Waals surface area (Å²) in [5, 5.41) is 7.49. The van der Waals surface area contributed by atoms with Crippen LogP contribution in [0.5, 0.6) is 0 Å². The monoisotopic (exact) mass is 330 g/mol. The van der Waals surface area contributed by atoms with Crippen molar-refractivity contribution in [2.75, 3.05) is 5.32 Å². The number of fused-ring (bicyclic) bond motifs is 1. The summed E-state index contributed by atoms with van der Waals surface area (Å²) >= 11 is 0. The van der Waals surface area contributed by atoms with E-state index in [-0.39, 0.29) is 11.7 Å². The van der Waals surface area contributed by atoms with Gasteiger partial charge in [0.05, 0.1) is 0 Å². The Morgan fingerprint density at radius 3 is 2.62 bits per heavy atom. The number of carbonyl (C=O) groups excluding carboxylic acids is 1. The van der Waals surface area contributed by atoms with Crippen LogP contribution in [0, 0.1) is 24.5 Å². The molecule has 1 aliphatic heterocycles. The van der Waals surface area contributed by atoms with Crippen LogP contribution in [0.3, 0.4) is 0 Å². The average Bonchev–Trinajstić information content (AvgIpc) is 2.83. The smallest absolute Gasteiger partial charge is 0.226 e. The van der Waals surface area contributed by atoms with Gasteiger partial charge in [-0.05, 0) is 37.0 Å². The molecule has 124 valence electrons. The van der Waals surface area contributed by atoms with E-state index in [1.165, 1.54) is 16.8 Å². The third kappa shape index (κ3) is 2.31. The number of carbonyl (C=O) groups is 1. The van der Waals surface area contributed by atoms with Crippen LogP contribution in [-0.2, 0) is 4.79 Å². The molecule has 0 fully saturated rings. The number of allylic oxidation sites excluding steroid dienone is 2. The van der Waals surface area contributed by atoms with Crippen molar-refractivity contribution in [2.45, 2.75) is 32.7 Å². The maximum Gasteiger partial charge on any atom is 0.226 e. The molecule has 0 bridgehead atoms. The van der Waals surface area contributed by atoms with E-state index in [0.29, 0.717) is 35.8 Å². The van der Waals surface area contributed by atoms with E-state index in [4.69, 9.17) is 0 Å². The summed E-state index contributed by atoms with van der Waals surface area (Å²) in [4.78, 5) is 17.0. The summed E-state index contributed by atoms with van der Waals surface area (Å²) in [5.74, 6) is -0.155. The number of benzene rings is 1. The minimum atomic E-state index is -0.680. The Balaban J connectivity index is 1.94. The van der Waals surface area contributed by atoms with Gasteiger partial charge in [-0.25, -0.2) is 13.5 Å². The topological polar surface area (TPSA) is 59.8 Å². The van der Waals surface area contributed by atoms with Gasteiger partial charge >= 0.3 is 0 Å². The summed E-state index contributed by atoms with van der Waals surface area (Å²) in [6, 6.07) is 2.65. The van der Waals surface area contributed by atoms with Crippen LogP contribution in [0.1, 0.15) is 37.2 Å².